The lowest BCUT2D eigenvalue weighted by molar-refractivity contribution is -0.118. The second kappa shape index (κ2) is 8.03. The highest BCUT2D eigenvalue weighted by atomic mass is 32.2. The molecule has 0 fully saturated rings. The SMILES string of the molecule is CSc1ccc(/C=N/NC(=O)CSc2nc3ccccc3[nH]2)cc1. The van der Waals surface area contributed by atoms with Crippen molar-refractivity contribution in [2.24, 2.45) is 5.10 Å². The largest absolute Gasteiger partial charge is 0.333 e. The van der Waals surface area contributed by atoms with E-state index in [2.05, 4.69) is 20.5 Å². The minimum atomic E-state index is -0.169. The molecule has 0 atom stereocenters. The number of aromatic nitrogens is 2. The van der Waals surface area contributed by atoms with Crippen LogP contribution in [0, 0.1) is 0 Å². The average molecular weight is 356 g/mol. The van der Waals surface area contributed by atoms with E-state index in [0.29, 0.717) is 0 Å². The van der Waals surface area contributed by atoms with Crippen LogP contribution in [0.25, 0.3) is 11.0 Å². The smallest absolute Gasteiger partial charge is 0.250 e. The molecule has 0 saturated carbocycles. The number of thioether (sulfide) groups is 2. The Morgan fingerprint density at radius 2 is 2.04 bits per heavy atom. The van der Waals surface area contributed by atoms with Gasteiger partial charge < -0.3 is 4.98 Å². The van der Waals surface area contributed by atoms with Crippen LogP contribution >= 0.6 is 23.5 Å². The third-order valence-electron chi connectivity index (χ3n) is 3.23. The first-order chi connectivity index (χ1) is 11.7. The van der Waals surface area contributed by atoms with Crippen LogP contribution in [0.2, 0.25) is 0 Å². The first kappa shape index (κ1) is 16.6. The van der Waals surface area contributed by atoms with Crippen LogP contribution in [0.4, 0.5) is 0 Å². The Balaban J connectivity index is 1.49. The van der Waals surface area contributed by atoms with Crippen molar-refractivity contribution in [2.45, 2.75) is 10.1 Å². The summed E-state index contributed by atoms with van der Waals surface area (Å²) in [5.74, 6) is 0.0835. The summed E-state index contributed by atoms with van der Waals surface area (Å²) in [6.07, 6.45) is 3.66. The minimum absolute atomic E-state index is 0.169. The van der Waals surface area contributed by atoms with E-state index in [1.807, 2.05) is 54.8 Å². The first-order valence-corrected chi connectivity index (χ1v) is 9.49. The quantitative estimate of drug-likeness (QED) is 0.403. The van der Waals surface area contributed by atoms with Crippen molar-refractivity contribution in [1.82, 2.24) is 15.4 Å². The lowest BCUT2D eigenvalue weighted by atomic mass is 10.2. The molecule has 0 aliphatic carbocycles. The predicted octanol–water partition coefficient (Wildman–Crippen LogP) is 3.53. The normalized spacial score (nSPS) is 11.2. The molecule has 2 N–H and O–H groups in total. The summed E-state index contributed by atoms with van der Waals surface area (Å²) in [5.41, 5.74) is 5.33. The van der Waals surface area contributed by atoms with Crippen LogP contribution in [0.5, 0.6) is 0 Å². The zero-order valence-electron chi connectivity index (χ0n) is 13.0. The second-order valence-electron chi connectivity index (χ2n) is 4.91. The van der Waals surface area contributed by atoms with Gasteiger partial charge in [0.1, 0.15) is 0 Å². The molecule has 3 rings (SSSR count). The zero-order chi connectivity index (χ0) is 16.8. The molecule has 1 amide bonds. The average Bonchev–Trinajstić information content (AvgIpc) is 3.03. The van der Waals surface area contributed by atoms with Crippen LogP contribution < -0.4 is 5.43 Å². The van der Waals surface area contributed by atoms with Gasteiger partial charge >= 0.3 is 0 Å². The molecule has 0 bridgehead atoms. The lowest BCUT2D eigenvalue weighted by Crippen LogP contribution is -2.19. The maximum Gasteiger partial charge on any atom is 0.250 e. The van der Waals surface area contributed by atoms with Gasteiger partial charge in [-0.15, -0.1) is 11.8 Å². The fraction of sp³-hybridized carbons (Fsp3) is 0.118. The number of carbonyl (C=O) groups excluding carboxylic acids is 1. The summed E-state index contributed by atoms with van der Waals surface area (Å²) < 4.78 is 0. The molecule has 3 aromatic rings. The molecule has 5 nitrogen and oxygen atoms in total. The summed E-state index contributed by atoms with van der Waals surface area (Å²) in [6.45, 7) is 0. The Bertz CT molecular complexity index is 825. The molecular weight excluding hydrogens is 340 g/mol. The Kier molecular flexibility index (Phi) is 5.55. The molecule has 0 aliphatic heterocycles. The molecule has 0 radical (unpaired) electrons. The van der Waals surface area contributed by atoms with E-state index in [9.17, 15) is 4.79 Å². The van der Waals surface area contributed by atoms with E-state index in [0.717, 1.165) is 21.8 Å². The fourth-order valence-electron chi connectivity index (χ4n) is 2.03. The molecule has 24 heavy (non-hydrogen) atoms. The van der Waals surface area contributed by atoms with Gasteiger partial charge in [-0.05, 0) is 36.1 Å². The van der Waals surface area contributed by atoms with Gasteiger partial charge in [0, 0.05) is 4.90 Å². The summed E-state index contributed by atoms with van der Waals surface area (Å²) in [5, 5.41) is 4.70. The summed E-state index contributed by atoms with van der Waals surface area (Å²) >= 11 is 3.04. The monoisotopic (exact) mass is 356 g/mol. The second-order valence-corrected chi connectivity index (χ2v) is 6.76. The van der Waals surface area contributed by atoms with E-state index in [-0.39, 0.29) is 11.7 Å². The van der Waals surface area contributed by atoms with E-state index >= 15 is 0 Å². The maximum atomic E-state index is 11.8. The number of rotatable bonds is 6. The van der Waals surface area contributed by atoms with Crippen LogP contribution in [0.15, 0.2) is 63.7 Å². The summed E-state index contributed by atoms with van der Waals surface area (Å²) in [4.78, 5) is 20.6. The molecule has 2 aromatic carbocycles. The summed E-state index contributed by atoms with van der Waals surface area (Å²) in [7, 11) is 0. The molecule has 1 heterocycles. The molecular formula is C17H16N4OS2. The molecule has 0 saturated heterocycles. The van der Waals surface area contributed by atoms with Gasteiger partial charge in [-0.1, -0.05) is 36.0 Å². The lowest BCUT2D eigenvalue weighted by Gasteiger charge is -1.99. The van der Waals surface area contributed by atoms with E-state index < -0.39 is 0 Å². The maximum absolute atomic E-state index is 11.8. The predicted molar refractivity (Wildman–Crippen MR) is 101 cm³/mol. The van der Waals surface area contributed by atoms with Crippen molar-refractivity contribution in [3.05, 3.63) is 54.1 Å². The number of hydrogen-bond donors (Lipinski definition) is 2. The van der Waals surface area contributed by atoms with Crippen molar-refractivity contribution in [2.75, 3.05) is 12.0 Å². The van der Waals surface area contributed by atoms with Gasteiger partial charge in [0.25, 0.3) is 5.91 Å². The van der Waals surface area contributed by atoms with Crippen molar-refractivity contribution in [3.8, 4) is 0 Å². The highest BCUT2D eigenvalue weighted by Gasteiger charge is 2.06. The van der Waals surface area contributed by atoms with E-state index in [4.69, 9.17) is 0 Å². The molecule has 0 spiro atoms. The van der Waals surface area contributed by atoms with Crippen LogP contribution in [0.3, 0.4) is 0 Å². The van der Waals surface area contributed by atoms with E-state index in [1.165, 1.54) is 16.7 Å². The molecule has 0 aliphatic rings. The number of hydrazone groups is 1. The summed E-state index contributed by atoms with van der Waals surface area (Å²) in [6, 6.07) is 15.7. The number of benzene rings is 2. The third kappa shape index (κ3) is 4.39. The topological polar surface area (TPSA) is 70.1 Å². The molecule has 1 aromatic heterocycles. The number of aromatic amines is 1. The number of imidazole rings is 1. The number of hydrogen-bond acceptors (Lipinski definition) is 5. The first-order valence-electron chi connectivity index (χ1n) is 7.28. The third-order valence-corrected chi connectivity index (χ3v) is 4.84. The molecule has 0 unspecified atom stereocenters. The Hall–Kier alpha value is -2.25. The zero-order valence-corrected chi connectivity index (χ0v) is 14.7. The minimum Gasteiger partial charge on any atom is -0.333 e. The van der Waals surface area contributed by atoms with Crippen molar-refractivity contribution >= 4 is 46.7 Å². The van der Waals surface area contributed by atoms with E-state index in [1.54, 1.807) is 18.0 Å². The van der Waals surface area contributed by atoms with Gasteiger partial charge in [0.15, 0.2) is 5.16 Å². The van der Waals surface area contributed by atoms with Crippen LogP contribution in [0.1, 0.15) is 5.56 Å². The standard InChI is InChI=1S/C17H16N4OS2/c1-23-13-8-6-12(7-9-13)10-18-21-16(22)11-24-17-19-14-4-2-3-5-15(14)20-17/h2-10H,11H2,1H3,(H,19,20)(H,21,22)/b18-10+. The van der Waals surface area contributed by atoms with Crippen LogP contribution in [-0.4, -0.2) is 34.1 Å². The van der Waals surface area contributed by atoms with Gasteiger partial charge in [-0.2, -0.15) is 5.10 Å². The highest BCUT2D eigenvalue weighted by Crippen LogP contribution is 2.18. The number of H-pyrrole nitrogens is 1. The van der Waals surface area contributed by atoms with Crippen molar-refractivity contribution < 1.29 is 4.79 Å². The number of amides is 1. The molecule has 7 heteroatoms. The van der Waals surface area contributed by atoms with Gasteiger partial charge in [0.2, 0.25) is 0 Å². The number of carbonyl (C=O) groups is 1. The van der Waals surface area contributed by atoms with Gasteiger partial charge in [-0.25, -0.2) is 10.4 Å². The fourth-order valence-corrected chi connectivity index (χ4v) is 3.12. The Morgan fingerprint density at radius 1 is 1.25 bits per heavy atom. The highest BCUT2D eigenvalue weighted by molar-refractivity contribution is 7.99. The Morgan fingerprint density at radius 3 is 2.79 bits per heavy atom. The number of fused-ring (bicyclic) bond motifs is 1. The van der Waals surface area contributed by atoms with Gasteiger partial charge in [0.05, 0.1) is 23.0 Å². The number of nitrogens with zero attached hydrogens (tertiary/aromatic N) is 2. The number of para-hydroxylation sites is 2. The van der Waals surface area contributed by atoms with Crippen molar-refractivity contribution in [1.29, 1.82) is 0 Å². The number of nitrogens with one attached hydrogen (secondary N) is 2. The van der Waals surface area contributed by atoms with Crippen LogP contribution in [-0.2, 0) is 4.79 Å². The van der Waals surface area contributed by atoms with Gasteiger partial charge in [-0.3, -0.25) is 4.79 Å². The Labute approximate surface area is 148 Å². The molecule has 122 valence electrons. The van der Waals surface area contributed by atoms with Crippen molar-refractivity contribution in [3.63, 3.8) is 0 Å².